The van der Waals surface area contributed by atoms with Crippen LogP contribution in [0.15, 0.2) is 0 Å². The van der Waals surface area contributed by atoms with Crippen molar-refractivity contribution in [2.75, 3.05) is 26.2 Å². The molecule has 0 aromatic rings. The van der Waals surface area contributed by atoms with Gasteiger partial charge in [-0.3, -0.25) is 14.4 Å². The Bertz CT molecular complexity index is 368. The van der Waals surface area contributed by atoms with Crippen LogP contribution in [0.3, 0.4) is 0 Å². The first-order chi connectivity index (χ1) is 9.43. The van der Waals surface area contributed by atoms with Crippen molar-refractivity contribution in [3.63, 3.8) is 0 Å². The second-order valence-electron chi connectivity index (χ2n) is 5.44. The van der Waals surface area contributed by atoms with E-state index in [0.29, 0.717) is 25.6 Å². The number of nitrogens with zero attached hydrogens (tertiary/aromatic N) is 1. The number of amides is 2. The fourth-order valence-electron chi connectivity index (χ4n) is 2.23. The maximum atomic E-state index is 11.9. The molecule has 1 rings (SSSR count). The highest BCUT2D eigenvalue weighted by atomic mass is 16.5. The van der Waals surface area contributed by atoms with Crippen molar-refractivity contribution < 1.29 is 19.1 Å². The first-order valence-corrected chi connectivity index (χ1v) is 7.15. The minimum atomic E-state index is -0.322. The molecule has 1 saturated heterocycles. The number of hydrogen-bond donors (Lipinski definition) is 1. The number of likely N-dealkylation sites (tertiary alicyclic amines) is 1. The summed E-state index contributed by atoms with van der Waals surface area (Å²) in [6.07, 6.45) is 0.425. The zero-order valence-corrected chi connectivity index (χ0v) is 12.5. The SMILES string of the molecule is CCOC(=O)CCNC(=O)C1CC(=O)N(CC(C)C)C1. The maximum absolute atomic E-state index is 11.9. The van der Waals surface area contributed by atoms with Gasteiger partial charge < -0.3 is 15.0 Å². The molecular formula is C14H24N2O4. The lowest BCUT2D eigenvalue weighted by atomic mass is 10.1. The second-order valence-corrected chi connectivity index (χ2v) is 5.44. The summed E-state index contributed by atoms with van der Waals surface area (Å²) in [5, 5.41) is 2.69. The topological polar surface area (TPSA) is 75.7 Å². The predicted molar refractivity (Wildman–Crippen MR) is 73.8 cm³/mol. The van der Waals surface area contributed by atoms with Gasteiger partial charge >= 0.3 is 5.97 Å². The highest BCUT2D eigenvalue weighted by Crippen LogP contribution is 2.19. The number of nitrogens with one attached hydrogen (secondary N) is 1. The van der Waals surface area contributed by atoms with Crippen LogP contribution in [0.2, 0.25) is 0 Å². The Morgan fingerprint density at radius 2 is 2.15 bits per heavy atom. The summed E-state index contributed by atoms with van der Waals surface area (Å²) >= 11 is 0. The Balaban J connectivity index is 2.31. The molecular weight excluding hydrogens is 260 g/mol. The second kappa shape index (κ2) is 7.87. The lowest BCUT2D eigenvalue weighted by Crippen LogP contribution is -2.35. The lowest BCUT2D eigenvalue weighted by molar-refractivity contribution is -0.143. The van der Waals surface area contributed by atoms with Crippen LogP contribution in [-0.4, -0.2) is 48.9 Å². The van der Waals surface area contributed by atoms with Crippen LogP contribution in [0.1, 0.15) is 33.6 Å². The smallest absolute Gasteiger partial charge is 0.307 e. The molecule has 0 saturated carbocycles. The Kier molecular flexibility index (Phi) is 6.48. The molecule has 0 aliphatic carbocycles. The van der Waals surface area contributed by atoms with Gasteiger partial charge in [-0.05, 0) is 12.8 Å². The molecule has 2 amide bonds. The summed E-state index contributed by atoms with van der Waals surface area (Å²) in [4.78, 5) is 36.6. The van der Waals surface area contributed by atoms with Gasteiger partial charge in [-0.2, -0.15) is 0 Å². The number of hydrogen-bond acceptors (Lipinski definition) is 4. The molecule has 0 radical (unpaired) electrons. The first-order valence-electron chi connectivity index (χ1n) is 7.15. The lowest BCUT2D eigenvalue weighted by Gasteiger charge is -2.18. The number of carbonyl (C=O) groups excluding carboxylic acids is 3. The third kappa shape index (κ3) is 5.19. The fraction of sp³-hybridized carbons (Fsp3) is 0.786. The highest BCUT2D eigenvalue weighted by molar-refractivity contribution is 5.89. The molecule has 1 fully saturated rings. The standard InChI is InChI=1S/C14H24N2O4/c1-4-20-13(18)5-6-15-14(19)11-7-12(17)16(9-11)8-10(2)3/h10-11H,4-9H2,1-3H3,(H,15,19). The molecule has 0 spiro atoms. The van der Waals surface area contributed by atoms with E-state index in [0.717, 1.165) is 0 Å². The van der Waals surface area contributed by atoms with Gasteiger partial charge in [0.05, 0.1) is 18.9 Å². The quantitative estimate of drug-likeness (QED) is 0.693. The van der Waals surface area contributed by atoms with Crippen LogP contribution in [0.25, 0.3) is 0 Å². The summed E-state index contributed by atoms with van der Waals surface area (Å²) < 4.78 is 4.77. The molecule has 114 valence electrons. The highest BCUT2D eigenvalue weighted by Gasteiger charge is 2.34. The monoisotopic (exact) mass is 284 g/mol. The zero-order chi connectivity index (χ0) is 15.1. The fourth-order valence-corrected chi connectivity index (χ4v) is 2.23. The molecule has 6 heteroatoms. The van der Waals surface area contributed by atoms with E-state index < -0.39 is 0 Å². The van der Waals surface area contributed by atoms with Crippen molar-refractivity contribution in [1.82, 2.24) is 10.2 Å². The van der Waals surface area contributed by atoms with Gasteiger partial charge in [0.15, 0.2) is 0 Å². The van der Waals surface area contributed by atoms with Gasteiger partial charge in [-0.1, -0.05) is 13.8 Å². The van der Waals surface area contributed by atoms with E-state index in [9.17, 15) is 14.4 Å². The maximum Gasteiger partial charge on any atom is 0.307 e. The van der Waals surface area contributed by atoms with Crippen LogP contribution in [0.5, 0.6) is 0 Å². The molecule has 1 unspecified atom stereocenters. The summed E-state index contributed by atoms with van der Waals surface area (Å²) in [5.41, 5.74) is 0. The van der Waals surface area contributed by atoms with Gasteiger partial charge in [-0.25, -0.2) is 0 Å². The van der Waals surface area contributed by atoms with Crippen molar-refractivity contribution in [3.05, 3.63) is 0 Å². The molecule has 1 aliphatic heterocycles. The van der Waals surface area contributed by atoms with E-state index in [2.05, 4.69) is 5.32 Å². The number of ether oxygens (including phenoxy) is 1. The summed E-state index contributed by atoms with van der Waals surface area (Å²) in [6, 6.07) is 0. The Labute approximate surface area is 119 Å². The summed E-state index contributed by atoms with van der Waals surface area (Å²) in [5.74, 6) is -0.358. The number of rotatable bonds is 7. The molecule has 0 aromatic carbocycles. The molecule has 1 heterocycles. The third-order valence-electron chi connectivity index (χ3n) is 3.10. The molecule has 1 aliphatic rings. The molecule has 0 bridgehead atoms. The van der Waals surface area contributed by atoms with Crippen molar-refractivity contribution >= 4 is 17.8 Å². The minimum Gasteiger partial charge on any atom is -0.466 e. The van der Waals surface area contributed by atoms with E-state index >= 15 is 0 Å². The number of carbonyl (C=O) groups is 3. The van der Waals surface area contributed by atoms with Crippen molar-refractivity contribution in [3.8, 4) is 0 Å². The van der Waals surface area contributed by atoms with Crippen molar-refractivity contribution in [2.45, 2.75) is 33.6 Å². The largest absolute Gasteiger partial charge is 0.466 e. The third-order valence-corrected chi connectivity index (χ3v) is 3.10. The Morgan fingerprint density at radius 1 is 1.45 bits per heavy atom. The van der Waals surface area contributed by atoms with Crippen LogP contribution in [-0.2, 0) is 19.1 Å². The van der Waals surface area contributed by atoms with Crippen LogP contribution in [0.4, 0.5) is 0 Å². The van der Waals surface area contributed by atoms with E-state index in [4.69, 9.17) is 4.74 Å². The molecule has 1 atom stereocenters. The van der Waals surface area contributed by atoms with Crippen molar-refractivity contribution in [2.24, 2.45) is 11.8 Å². The molecule has 1 N–H and O–H groups in total. The average molecular weight is 284 g/mol. The summed E-state index contributed by atoms with van der Waals surface area (Å²) in [6.45, 7) is 7.58. The Morgan fingerprint density at radius 3 is 2.75 bits per heavy atom. The van der Waals surface area contributed by atoms with Gasteiger partial charge in [0.25, 0.3) is 0 Å². The van der Waals surface area contributed by atoms with Gasteiger partial charge in [0.2, 0.25) is 11.8 Å². The van der Waals surface area contributed by atoms with E-state index in [-0.39, 0.29) is 43.1 Å². The first kappa shape index (κ1) is 16.5. The molecule has 0 aromatic heterocycles. The predicted octanol–water partition coefficient (Wildman–Crippen LogP) is 0.560. The van der Waals surface area contributed by atoms with Crippen molar-refractivity contribution in [1.29, 1.82) is 0 Å². The number of esters is 1. The minimum absolute atomic E-state index is 0.0317. The van der Waals surface area contributed by atoms with E-state index in [1.165, 1.54) is 0 Å². The average Bonchev–Trinajstić information content (AvgIpc) is 2.70. The zero-order valence-electron chi connectivity index (χ0n) is 12.5. The summed E-state index contributed by atoms with van der Waals surface area (Å²) in [7, 11) is 0. The van der Waals surface area contributed by atoms with Gasteiger partial charge in [0.1, 0.15) is 0 Å². The van der Waals surface area contributed by atoms with E-state index in [1.54, 1.807) is 11.8 Å². The van der Waals surface area contributed by atoms with E-state index in [1.807, 2.05) is 13.8 Å². The van der Waals surface area contributed by atoms with Crippen LogP contribution in [0, 0.1) is 11.8 Å². The molecule has 20 heavy (non-hydrogen) atoms. The molecule has 6 nitrogen and oxygen atoms in total. The van der Waals surface area contributed by atoms with Crippen LogP contribution >= 0.6 is 0 Å². The Hall–Kier alpha value is -1.59. The van der Waals surface area contributed by atoms with Crippen LogP contribution < -0.4 is 5.32 Å². The van der Waals surface area contributed by atoms with Gasteiger partial charge in [-0.15, -0.1) is 0 Å². The van der Waals surface area contributed by atoms with Gasteiger partial charge in [0, 0.05) is 26.1 Å². The normalized spacial score (nSPS) is 18.5.